The first kappa shape index (κ1) is 13.9. The Morgan fingerprint density at radius 3 is 2.55 bits per heavy atom. The predicted molar refractivity (Wildman–Crippen MR) is 77.7 cm³/mol. The van der Waals surface area contributed by atoms with Crippen LogP contribution in [0.25, 0.3) is 0 Å². The van der Waals surface area contributed by atoms with E-state index in [0.717, 1.165) is 12.0 Å². The number of hydrogen-bond acceptors (Lipinski definition) is 4. The van der Waals surface area contributed by atoms with Crippen LogP contribution in [0.3, 0.4) is 0 Å². The topological polar surface area (TPSA) is 62.0 Å². The van der Waals surface area contributed by atoms with Gasteiger partial charge in [-0.2, -0.15) is 0 Å². The third kappa shape index (κ3) is 3.29. The number of aryl methyl sites for hydroxylation is 1. The maximum Gasteiger partial charge on any atom is 0.125 e. The first-order chi connectivity index (χ1) is 9.74. The summed E-state index contributed by atoms with van der Waals surface area (Å²) in [6, 6.07) is 14.8. The molecule has 0 aliphatic heterocycles. The highest BCUT2D eigenvalue weighted by Gasteiger charge is 2.11. The maximum absolute atomic E-state index is 9.88. The molecule has 4 heteroatoms. The highest BCUT2D eigenvalue weighted by atomic mass is 16.5. The number of rotatable bonds is 5. The molecule has 2 rings (SSSR count). The first-order valence-corrected chi connectivity index (χ1v) is 6.37. The van der Waals surface area contributed by atoms with Crippen molar-refractivity contribution in [3.8, 4) is 11.5 Å². The van der Waals surface area contributed by atoms with Crippen LogP contribution in [0.2, 0.25) is 0 Å². The zero-order chi connectivity index (χ0) is 14.4. The number of hydrogen-bond donors (Lipinski definition) is 2. The van der Waals surface area contributed by atoms with Crippen molar-refractivity contribution in [3.63, 3.8) is 0 Å². The molecule has 0 saturated heterocycles. The molecule has 0 fully saturated rings. The van der Waals surface area contributed by atoms with Gasteiger partial charge >= 0.3 is 0 Å². The molecule has 20 heavy (non-hydrogen) atoms. The van der Waals surface area contributed by atoms with Crippen molar-refractivity contribution < 1.29 is 15.1 Å². The minimum Gasteiger partial charge on any atom is -0.507 e. The van der Waals surface area contributed by atoms with Crippen LogP contribution in [0.4, 0.5) is 0 Å². The normalized spacial score (nSPS) is 11.3. The molecule has 0 aromatic heterocycles. The van der Waals surface area contributed by atoms with Gasteiger partial charge in [0.05, 0.1) is 12.8 Å². The van der Waals surface area contributed by atoms with Crippen LogP contribution in [0.1, 0.15) is 17.5 Å². The molecule has 104 valence electrons. The second-order valence-electron chi connectivity index (χ2n) is 4.42. The predicted octanol–water partition coefficient (Wildman–Crippen LogP) is 3.21. The summed E-state index contributed by atoms with van der Waals surface area (Å²) >= 11 is 0. The van der Waals surface area contributed by atoms with E-state index in [-0.39, 0.29) is 5.75 Å². The molecule has 0 amide bonds. The van der Waals surface area contributed by atoms with Gasteiger partial charge in [0.15, 0.2) is 0 Å². The van der Waals surface area contributed by atoms with Crippen LogP contribution in [0, 0.1) is 0 Å². The number of benzene rings is 2. The van der Waals surface area contributed by atoms with E-state index in [1.807, 2.05) is 30.3 Å². The number of aromatic hydroxyl groups is 1. The molecule has 0 aliphatic rings. The molecule has 0 bridgehead atoms. The molecular formula is C16H17NO3. The fraction of sp³-hybridized carbons (Fsp3) is 0.188. The fourth-order valence-corrected chi connectivity index (χ4v) is 2.02. The Morgan fingerprint density at radius 1 is 1.15 bits per heavy atom. The Kier molecular flexibility index (Phi) is 4.60. The summed E-state index contributed by atoms with van der Waals surface area (Å²) in [4.78, 5) is 0. The summed E-state index contributed by atoms with van der Waals surface area (Å²) in [7, 11) is 1.55. The van der Waals surface area contributed by atoms with Gasteiger partial charge in [-0.25, -0.2) is 0 Å². The highest BCUT2D eigenvalue weighted by molar-refractivity contribution is 6.02. The van der Waals surface area contributed by atoms with E-state index in [1.54, 1.807) is 19.2 Å². The Labute approximate surface area is 117 Å². The summed E-state index contributed by atoms with van der Waals surface area (Å²) in [5.74, 6) is 0.685. The molecule has 0 unspecified atom stereocenters. The number of oxime groups is 1. The lowest BCUT2D eigenvalue weighted by atomic mass is 10.0. The fourth-order valence-electron chi connectivity index (χ4n) is 2.02. The number of methoxy groups -OCH3 is 1. The second kappa shape index (κ2) is 6.61. The highest BCUT2D eigenvalue weighted by Crippen LogP contribution is 2.25. The molecule has 0 saturated carbocycles. The van der Waals surface area contributed by atoms with E-state index >= 15 is 0 Å². The van der Waals surface area contributed by atoms with Gasteiger partial charge in [-0.3, -0.25) is 0 Å². The second-order valence-corrected chi connectivity index (χ2v) is 4.42. The number of phenols is 1. The minimum atomic E-state index is 0.0756. The van der Waals surface area contributed by atoms with Crippen molar-refractivity contribution in [1.29, 1.82) is 0 Å². The number of ether oxygens (including phenoxy) is 1. The molecule has 0 radical (unpaired) electrons. The van der Waals surface area contributed by atoms with Crippen LogP contribution in [0.15, 0.2) is 53.7 Å². The lowest BCUT2D eigenvalue weighted by Gasteiger charge is -2.09. The van der Waals surface area contributed by atoms with Crippen LogP contribution in [-0.2, 0) is 6.42 Å². The summed E-state index contributed by atoms with van der Waals surface area (Å²) in [6.45, 7) is 0. The number of phenolic OH excluding ortho intramolecular Hbond substituents is 1. The molecular weight excluding hydrogens is 254 g/mol. The van der Waals surface area contributed by atoms with Crippen LogP contribution in [-0.4, -0.2) is 23.1 Å². The van der Waals surface area contributed by atoms with Crippen molar-refractivity contribution in [3.05, 3.63) is 59.7 Å². The van der Waals surface area contributed by atoms with Gasteiger partial charge in [0, 0.05) is 5.56 Å². The monoisotopic (exact) mass is 271 g/mol. The van der Waals surface area contributed by atoms with Gasteiger partial charge in [0.1, 0.15) is 11.5 Å². The largest absolute Gasteiger partial charge is 0.507 e. The van der Waals surface area contributed by atoms with Crippen molar-refractivity contribution in [1.82, 2.24) is 0 Å². The van der Waals surface area contributed by atoms with Gasteiger partial charge in [-0.15, -0.1) is 0 Å². The van der Waals surface area contributed by atoms with Crippen molar-refractivity contribution in [2.75, 3.05) is 7.11 Å². The summed E-state index contributed by atoms with van der Waals surface area (Å²) in [6.07, 6.45) is 1.26. The smallest absolute Gasteiger partial charge is 0.125 e. The van der Waals surface area contributed by atoms with Gasteiger partial charge < -0.3 is 15.1 Å². The summed E-state index contributed by atoms with van der Waals surface area (Å²) in [5.41, 5.74) is 2.07. The third-order valence-corrected chi connectivity index (χ3v) is 3.13. The Morgan fingerprint density at radius 2 is 1.90 bits per heavy atom. The van der Waals surface area contributed by atoms with Crippen molar-refractivity contribution in [2.24, 2.45) is 5.16 Å². The van der Waals surface area contributed by atoms with E-state index in [1.165, 1.54) is 6.07 Å². The zero-order valence-corrected chi connectivity index (χ0v) is 11.3. The minimum absolute atomic E-state index is 0.0756. The summed E-state index contributed by atoms with van der Waals surface area (Å²) in [5, 5.41) is 22.4. The van der Waals surface area contributed by atoms with Gasteiger partial charge in [0.2, 0.25) is 0 Å². The molecule has 2 aromatic rings. The molecule has 0 spiro atoms. The van der Waals surface area contributed by atoms with Gasteiger partial charge in [-0.1, -0.05) is 35.5 Å². The average molecular weight is 271 g/mol. The molecule has 0 atom stereocenters. The molecule has 0 aliphatic carbocycles. The Hall–Kier alpha value is -2.49. The quantitative estimate of drug-likeness (QED) is 0.498. The Balaban J connectivity index is 2.17. The van der Waals surface area contributed by atoms with E-state index in [2.05, 4.69) is 5.16 Å². The molecule has 0 heterocycles. The molecule has 2 N–H and O–H groups in total. The Bertz CT molecular complexity index is 594. The van der Waals surface area contributed by atoms with E-state index in [0.29, 0.717) is 23.4 Å². The van der Waals surface area contributed by atoms with Crippen LogP contribution < -0.4 is 4.74 Å². The van der Waals surface area contributed by atoms with Gasteiger partial charge in [0.25, 0.3) is 0 Å². The van der Waals surface area contributed by atoms with Crippen molar-refractivity contribution in [2.45, 2.75) is 12.8 Å². The lowest BCUT2D eigenvalue weighted by Crippen LogP contribution is -2.04. The van der Waals surface area contributed by atoms with Crippen LogP contribution in [0.5, 0.6) is 11.5 Å². The SMILES string of the molecule is COc1ccc(O)c(/C(CCc2ccccc2)=N/O)c1. The van der Waals surface area contributed by atoms with E-state index < -0.39 is 0 Å². The van der Waals surface area contributed by atoms with Crippen molar-refractivity contribution >= 4 is 5.71 Å². The van der Waals surface area contributed by atoms with Crippen LogP contribution >= 0.6 is 0 Å². The molecule has 2 aromatic carbocycles. The summed E-state index contributed by atoms with van der Waals surface area (Å²) < 4.78 is 5.12. The van der Waals surface area contributed by atoms with E-state index in [4.69, 9.17) is 4.74 Å². The van der Waals surface area contributed by atoms with Gasteiger partial charge in [-0.05, 0) is 36.6 Å². The average Bonchev–Trinajstić information content (AvgIpc) is 2.50. The number of nitrogens with zero attached hydrogens (tertiary/aromatic N) is 1. The van der Waals surface area contributed by atoms with E-state index in [9.17, 15) is 10.3 Å². The lowest BCUT2D eigenvalue weighted by molar-refractivity contribution is 0.317. The third-order valence-electron chi connectivity index (χ3n) is 3.13. The first-order valence-electron chi connectivity index (χ1n) is 6.37. The zero-order valence-electron chi connectivity index (χ0n) is 11.3. The molecule has 4 nitrogen and oxygen atoms in total. The standard InChI is InChI=1S/C16H17NO3/c1-20-13-8-10-16(18)14(11-13)15(17-19)9-7-12-5-3-2-4-6-12/h2-6,8,10-11,18-19H,7,9H2,1H3/b17-15+. The maximum atomic E-state index is 9.88.